The third-order valence-electron chi connectivity index (χ3n) is 3.15. The summed E-state index contributed by atoms with van der Waals surface area (Å²) in [4.78, 5) is 8.09. The number of likely N-dealkylation sites (N-methyl/N-ethyl adjacent to an activating group) is 1. The maximum absolute atomic E-state index is 6.00. The maximum atomic E-state index is 6.00. The first-order valence-corrected chi connectivity index (χ1v) is 6.19. The highest BCUT2D eigenvalue weighted by Crippen LogP contribution is 2.33. The van der Waals surface area contributed by atoms with E-state index in [0.29, 0.717) is 6.61 Å². The fourth-order valence-electron chi connectivity index (χ4n) is 2.24. The molecule has 19 heavy (non-hydrogen) atoms. The van der Waals surface area contributed by atoms with Crippen LogP contribution in [0.25, 0.3) is 0 Å². The van der Waals surface area contributed by atoms with Crippen LogP contribution in [0.4, 0.5) is 0 Å². The molecule has 2 heterocycles. The van der Waals surface area contributed by atoms with Gasteiger partial charge < -0.3 is 14.8 Å². The molecule has 1 aromatic carbocycles. The van der Waals surface area contributed by atoms with E-state index >= 15 is 0 Å². The van der Waals surface area contributed by atoms with E-state index in [1.807, 2.05) is 31.3 Å². The second-order valence-corrected chi connectivity index (χ2v) is 4.35. The largest absolute Gasteiger partial charge is 0.486 e. The van der Waals surface area contributed by atoms with E-state index in [2.05, 4.69) is 15.3 Å². The second-order valence-electron chi connectivity index (χ2n) is 4.35. The number of fused-ring (bicyclic) bond motifs is 1. The second kappa shape index (κ2) is 5.24. The van der Waals surface area contributed by atoms with Gasteiger partial charge in [-0.25, -0.2) is 9.97 Å². The zero-order chi connectivity index (χ0) is 13.1. The summed E-state index contributed by atoms with van der Waals surface area (Å²) in [6.07, 6.45) is 4.99. The topological polar surface area (TPSA) is 56.3 Å². The molecule has 0 radical (unpaired) electrons. The monoisotopic (exact) mass is 257 g/mol. The molecule has 0 bridgehead atoms. The molecule has 5 nitrogen and oxygen atoms in total. The summed E-state index contributed by atoms with van der Waals surface area (Å²) in [5.41, 5.74) is 0.984. The molecule has 0 spiro atoms. The van der Waals surface area contributed by atoms with Crippen molar-refractivity contribution in [2.45, 2.75) is 12.1 Å². The highest BCUT2D eigenvalue weighted by Gasteiger charge is 2.29. The summed E-state index contributed by atoms with van der Waals surface area (Å²) in [7, 11) is 1.89. The molecule has 3 rings (SSSR count). The van der Waals surface area contributed by atoms with E-state index in [0.717, 1.165) is 17.1 Å². The molecular weight excluding hydrogens is 242 g/mol. The van der Waals surface area contributed by atoms with Crippen LogP contribution in [-0.2, 0) is 0 Å². The number of hydrogen-bond donors (Lipinski definition) is 1. The van der Waals surface area contributed by atoms with E-state index in [1.54, 1.807) is 12.4 Å². The SMILES string of the molecule is CNC(c1cncnc1)C1COc2ccccc2O1. The van der Waals surface area contributed by atoms with Crippen molar-refractivity contribution in [3.05, 3.63) is 48.5 Å². The van der Waals surface area contributed by atoms with Gasteiger partial charge in [0.2, 0.25) is 0 Å². The Bertz CT molecular complexity index is 547. The Morgan fingerprint density at radius 1 is 1.21 bits per heavy atom. The van der Waals surface area contributed by atoms with Gasteiger partial charge in [0.1, 0.15) is 12.9 Å². The van der Waals surface area contributed by atoms with E-state index < -0.39 is 0 Å². The van der Waals surface area contributed by atoms with Crippen molar-refractivity contribution in [1.29, 1.82) is 0 Å². The van der Waals surface area contributed by atoms with Crippen molar-refractivity contribution in [3.63, 3.8) is 0 Å². The third kappa shape index (κ3) is 2.37. The minimum atomic E-state index is -0.106. The molecule has 98 valence electrons. The fourth-order valence-corrected chi connectivity index (χ4v) is 2.24. The number of rotatable bonds is 3. The highest BCUT2D eigenvalue weighted by molar-refractivity contribution is 5.41. The van der Waals surface area contributed by atoms with Crippen LogP contribution in [0.5, 0.6) is 11.5 Å². The number of para-hydroxylation sites is 2. The van der Waals surface area contributed by atoms with E-state index in [4.69, 9.17) is 9.47 Å². The Labute approximate surface area is 111 Å². The smallest absolute Gasteiger partial charge is 0.161 e. The Balaban J connectivity index is 1.83. The lowest BCUT2D eigenvalue weighted by Crippen LogP contribution is -2.40. The molecule has 2 unspecified atom stereocenters. The molecule has 1 aliphatic heterocycles. The number of benzene rings is 1. The van der Waals surface area contributed by atoms with Crippen LogP contribution in [0, 0.1) is 0 Å². The Kier molecular flexibility index (Phi) is 3.29. The number of nitrogens with zero attached hydrogens (tertiary/aromatic N) is 2. The zero-order valence-corrected chi connectivity index (χ0v) is 10.6. The lowest BCUT2D eigenvalue weighted by Gasteiger charge is -2.31. The predicted molar refractivity (Wildman–Crippen MR) is 70.2 cm³/mol. The van der Waals surface area contributed by atoms with E-state index in [-0.39, 0.29) is 12.1 Å². The molecular formula is C14H15N3O2. The zero-order valence-electron chi connectivity index (χ0n) is 10.6. The van der Waals surface area contributed by atoms with Gasteiger partial charge in [-0.15, -0.1) is 0 Å². The standard InChI is InChI=1S/C14H15N3O2/c1-15-14(10-6-16-9-17-7-10)13-8-18-11-4-2-3-5-12(11)19-13/h2-7,9,13-15H,8H2,1H3. The summed E-state index contributed by atoms with van der Waals surface area (Å²) < 4.78 is 11.7. The number of hydrogen-bond acceptors (Lipinski definition) is 5. The van der Waals surface area contributed by atoms with E-state index in [9.17, 15) is 0 Å². The third-order valence-corrected chi connectivity index (χ3v) is 3.15. The first-order valence-electron chi connectivity index (χ1n) is 6.19. The Morgan fingerprint density at radius 3 is 2.68 bits per heavy atom. The first-order chi connectivity index (χ1) is 9.38. The molecule has 1 aliphatic rings. The van der Waals surface area contributed by atoms with Crippen molar-refractivity contribution in [2.75, 3.05) is 13.7 Å². The van der Waals surface area contributed by atoms with Crippen molar-refractivity contribution in [3.8, 4) is 11.5 Å². The van der Waals surface area contributed by atoms with Crippen LogP contribution in [-0.4, -0.2) is 29.7 Å². The van der Waals surface area contributed by atoms with Gasteiger partial charge in [-0.1, -0.05) is 12.1 Å². The first kappa shape index (κ1) is 11.9. The van der Waals surface area contributed by atoms with Gasteiger partial charge in [0.15, 0.2) is 17.6 Å². The van der Waals surface area contributed by atoms with E-state index in [1.165, 1.54) is 6.33 Å². The summed E-state index contributed by atoms with van der Waals surface area (Å²) in [6, 6.07) is 7.68. The number of aromatic nitrogens is 2. The maximum Gasteiger partial charge on any atom is 0.161 e. The molecule has 0 fully saturated rings. The van der Waals surface area contributed by atoms with Crippen LogP contribution < -0.4 is 14.8 Å². The Morgan fingerprint density at radius 2 is 1.95 bits per heavy atom. The summed E-state index contributed by atoms with van der Waals surface area (Å²) in [5, 5.41) is 3.23. The van der Waals surface area contributed by atoms with Crippen LogP contribution >= 0.6 is 0 Å². The van der Waals surface area contributed by atoms with Gasteiger partial charge in [-0.3, -0.25) is 0 Å². The van der Waals surface area contributed by atoms with Gasteiger partial charge in [0, 0.05) is 18.0 Å². The average Bonchev–Trinajstić information content (AvgIpc) is 2.49. The molecule has 5 heteroatoms. The summed E-state index contributed by atoms with van der Waals surface area (Å²) in [6.45, 7) is 0.497. The lowest BCUT2D eigenvalue weighted by atomic mass is 10.0. The number of nitrogens with one attached hydrogen (secondary N) is 1. The fraction of sp³-hybridized carbons (Fsp3) is 0.286. The highest BCUT2D eigenvalue weighted by atomic mass is 16.6. The van der Waals surface area contributed by atoms with Crippen molar-refractivity contribution >= 4 is 0 Å². The molecule has 0 aliphatic carbocycles. The van der Waals surface area contributed by atoms with Crippen LogP contribution in [0.2, 0.25) is 0 Å². The number of ether oxygens (including phenoxy) is 2. The molecule has 0 amide bonds. The van der Waals surface area contributed by atoms with Gasteiger partial charge >= 0.3 is 0 Å². The summed E-state index contributed by atoms with van der Waals surface area (Å²) in [5.74, 6) is 1.56. The molecule has 0 saturated heterocycles. The average molecular weight is 257 g/mol. The van der Waals surface area contributed by atoms with Crippen molar-refractivity contribution < 1.29 is 9.47 Å². The van der Waals surface area contributed by atoms with Gasteiger partial charge in [0.25, 0.3) is 0 Å². The quantitative estimate of drug-likeness (QED) is 0.904. The molecule has 1 aromatic heterocycles. The minimum Gasteiger partial charge on any atom is -0.486 e. The van der Waals surface area contributed by atoms with Crippen molar-refractivity contribution in [2.24, 2.45) is 0 Å². The lowest BCUT2D eigenvalue weighted by molar-refractivity contribution is 0.0636. The van der Waals surface area contributed by atoms with Crippen LogP contribution in [0.1, 0.15) is 11.6 Å². The van der Waals surface area contributed by atoms with Gasteiger partial charge in [-0.2, -0.15) is 0 Å². The molecule has 2 aromatic rings. The predicted octanol–water partition coefficient (Wildman–Crippen LogP) is 1.58. The molecule has 2 atom stereocenters. The Hall–Kier alpha value is -2.14. The van der Waals surface area contributed by atoms with Crippen LogP contribution in [0.15, 0.2) is 43.0 Å². The van der Waals surface area contributed by atoms with Crippen LogP contribution in [0.3, 0.4) is 0 Å². The van der Waals surface area contributed by atoms with Crippen molar-refractivity contribution in [1.82, 2.24) is 15.3 Å². The minimum absolute atomic E-state index is 0.00504. The molecule has 0 saturated carbocycles. The molecule has 1 N–H and O–H groups in total. The van der Waals surface area contributed by atoms with Gasteiger partial charge in [0.05, 0.1) is 6.04 Å². The summed E-state index contributed by atoms with van der Waals surface area (Å²) >= 11 is 0. The normalized spacial score (nSPS) is 18.9. The van der Waals surface area contributed by atoms with Gasteiger partial charge in [-0.05, 0) is 19.2 Å².